The Hall–Kier alpha value is -0.120. The lowest BCUT2D eigenvalue weighted by atomic mass is 9.96. The first-order chi connectivity index (χ1) is 7.09. The SMILES string of the molecule is CC(C)CONC1CCOC(C(C)C)C1. The Labute approximate surface area is 93.5 Å². The van der Waals surface area contributed by atoms with Crippen molar-refractivity contribution in [2.75, 3.05) is 13.2 Å². The summed E-state index contributed by atoms with van der Waals surface area (Å²) in [5.41, 5.74) is 3.16. The first-order valence-corrected chi connectivity index (χ1v) is 6.08. The molecular formula is C12H25NO2. The summed E-state index contributed by atoms with van der Waals surface area (Å²) in [5, 5.41) is 0. The zero-order chi connectivity index (χ0) is 11.3. The van der Waals surface area contributed by atoms with Crippen LogP contribution in [0.15, 0.2) is 0 Å². The van der Waals surface area contributed by atoms with Gasteiger partial charge >= 0.3 is 0 Å². The molecule has 15 heavy (non-hydrogen) atoms. The molecule has 1 rings (SSSR count). The van der Waals surface area contributed by atoms with E-state index in [4.69, 9.17) is 9.57 Å². The molecule has 1 fully saturated rings. The van der Waals surface area contributed by atoms with Crippen molar-refractivity contribution in [3.8, 4) is 0 Å². The van der Waals surface area contributed by atoms with E-state index >= 15 is 0 Å². The van der Waals surface area contributed by atoms with Crippen LogP contribution in [0.5, 0.6) is 0 Å². The van der Waals surface area contributed by atoms with E-state index in [1.165, 1.54) is 0 Å². The summed E-state index contributed by atoms with van der Waals surface area (Å²) in [6.45, 7) is 10.4. The summed E-state index contributed by atoms with van der Waals surface area (Å²) in [6.07, 6.45) is 2.51. The zero-order valence-corrected chi connectivity index (χ0v) is 10.5. The van der Waals surface area contributed by atoms with Gasteiger partial charge in [-0.25, -0.2) is 0 Å². The molecule has 1 heterocycles. The molecule has 90 valence electrons. The van der Waals surface area contributed by atoms with Gasteiger partial charge in [0.1, 0.15) is 0 Å². The molecule has 3 nitrogen and oxygen atoms in total. The molecule has 0 aromatic carbocycles. The molecule has 0 amide bonds. The van der Waals surface area contributed by atoms with Crippen LogP contribution in [0, 0.1) is 11.8 Å². The van der Waals surface area contributed by atoms with E-state index < -0.39 is 0 Å². The third kappa shape index (κ3) is 4.96. The third-order valence-corrected chi connectivity index (χ3v) is 2.73. The highest BCUT2D eigenvalue weighted by atomic mass is 16.6. The van der Waals surface area contributed by atoms with Crippen LogP contribution in [0.25, 0.3) is 0 Å². The lowest BCUT2D eigenvalue weighted by Gasteiger charge is -2.32. The van der Waals surface area contributed by atoms with Crippen LogP contribution in [0.3, 0.4) is 0 Å². The summed E-state index contributed by atoms with van der Waals surface area (Å²) in [7, 11) is 0. The predicted octanol–water partition coefficient (Wildman–Crippen LogP) is 2.37. The van der Waals surface area contributed by atoms with Crippen LogP contribution in [0.1, 0.15) is 40.5 Å². The Balaban J connectivity index is 2.18. The van der Waals surface area contributed by atoms with Crippen LogP contribution >= 0.6 is 0 Å². The standard InChI is InChI=1S/C12H25NO2/c1-9(2)8-15-13-11-5-6-14-12(7-11)10(3)4/h9-13H,5-8H2,1-4H3. The molecule has 0 aliphatic carbocycles. The van der Waals surface area contributed by atoms with E-state index in [0.717, 1.165) is 26.1 Å². The van der Waals surface area contributed by atoms with Gasteiger partial charge < -0.3 is 9.57 Å². The van der Waals surface area contributed by atoms with Gasteiger partial charge in [0.05, 0.1) is 12.7 Å². The van der Waals surface area contributed by atoms with Crippen molar-refractivity contribution in [1.29, 1.82) is 0 Å². The summed E-state index contributed by atoms with van der Waals surface area (Å²) in [5.74, 6) is 1.18. The van der Waals surface area contributed by atoms with E-state index in [1.807, 2.05) is 0 Å². The quantitative estimate of drug-likeness (QED) is 0.714. The molecular weight excluding hydrogens is 190 g/mol. The number of rotatable bonds is 5. The van der Waals surface area contributed by atoms with E-state index in [9.17, 15) is 0 Å². The maximum absolute atomic E-state index is 5.70. The zero-order valence-electron chi connectivity index (χ0n) is 10.5. The second-order valence-corrected chi connectivity index (χ2v) is 5.20. The minimum absolute atomic E-state index is 0.388. The van der Waals surface area contributed by atoms with E-state index in [0.29, 0.717) is 24.0 Å². The van der Waals surface area contributed by atoms with Gasteiger partial charge in [0.25, 0.3) is 0 Å². The van der Waals surface area contributed by atoms with Gasteiger partial charge in [-0.1, -0.05) is 27.7 Å². The van der Waals surface area contributed by atoms with Gasteiger partial charge in [0, 0.05) is 12.6 Å². The van der Waals surface area contributed by atoms with Crippen molar-refractivity contribution in [3.05, 3.63) is 0 Å². The molecule has 0 aromatic heterocycles. The molecule has 0 spiro atoms. The van der Waals surface area contributed by atoms with Gasteiger partial charge in [-0.2, -0.15) is 5.48 Å². The van der Waals surface area contributed by atoms with Crippen molar-refractivity contribution in [3.63, 3.8) is 0 Å². The Morgan fingerprint density at radius 2 is 2.07 bits per heavy atom. The minimum Gasteiger partial charge on any atom is -0.378 e. The Morgan fingerprint density at radius 1 is 1.33 bits per heavy atom. The lowest BCUT2D eigenvalue weighted by molar-refractivity contribution is -0.0702. The molecule has 0 aromatic rings. The molecule has 1 N–H and O–H groups in total. The number of hydrogen-bond donors (Lipinski definition) is 1. The van der Waals surface area contributed by atoms with Gasteiger partial charge in [0.15, 0.2) is 0 Å². The van der Waals surface area contributed by atoms with Crippen LogP contribution in [-0.2, 0) is 9.57 Å². The first-order valence-electron chi connectivity index (χ1n) is 6.08. The molecule has 2 unspecified atom stereocenters. The maximum Gasteiger partial charge on any atom is 0.0705 e. The van der Waals surface area contributed by atoms with Gasteiger partial charge in [-0.3, -0.25) is 0 Å². The predicted molar refractivity (Wildman–Crippen MR) is 61.5 cm³/mol. The van der Waals surface area contributed by atoms with Gasteiger partial charge in [-0.05, 0) is 24.7 Å². The van der Waals surface area contributed by atoms with Crippen molar-refractivity contribution in [2.24, 2.45) is 11.8 Å². The Kier molecular flexibility index (Phi) is 5.58. The van der Waals surface area contributed by atoms with Crippen LogP contribution < -0.4 is 5.48 Å². The molecule has 1 saturated heterocycles. The highest BCUT2D eigenvalue weighted by Crippen LogP contribution is 2.20. The fraction of sp³-hybridized carbons (Fsp3) is 1.00. The molecule has 0 saturated carbocycles. The summed E-state index contributed by atoms with van der Waals surface area (Å²) in [4.78, 5) is 5.46. The second-order valence-electron chi connectivity index (χ2n) is 5.20. The van der Waals surface area contributed by atoms with E-state index in [1.54, 1.807) is 0 Å². The van der Waals surface area contributed by atoms with Crippen molar-refractivity contribution in [2.45, 2.75) is 52.7 Å². The van der Waals surface area contributed by atoms with Crippen molar-refractivity contribution < 1.29 is 9.57 Å². The Morgan fingerprint density at radius 3 is 2.67 bits per heavy atom. The molecule has 1 aliphatic rings. The molecule has 0 radical (unpaired) electrons. The number of nitrogens with one attached hydrogen (secondary N) is 1. The number of hydroxylamine groups is 1. The average molecular weight is 215 g/mol. The van der Waals surface area contributed by atoms with Gasteiger partial charge in [-0.15, -0.1) is 0 Å². The second kappa shape index (κ2) is 6.46. The average Bonchev–Trinajstić information content (AvgIpc) is 2.17. The largest absolute Gasteiger partial charge is 0.378 e. The van der Waals surface area contributed by atoms with Crippen molar-refractivity contribution in [1.82, 2.24) is 5.48 Å². The number of hydrogen-bond acceptors (Lipinski definition) is 3. The van der Waals surface area contributed by atoms with Crippen LogP contribution in [0.2, 0.25) is 0 Å². The molecule has 3 heteroatoms. The summed E-state index contributed by atoms with van der Waals surface area (Å²) < 4.78 is 5.70. The monoisotopic (exact) mass is 215 g/mol. The van der Waals surface area contributed by atoms with Crippen molar-refractivity contribution >= 4 is 0 Å². The molecule has 2 atom stereocenters. The smallest absolute Gasteiger partial charge is 0.0705 e. The third-order valence-electron chi connectivity index (χ3n) is 2.73. The van der Waals surface area contributed by atoms with Crippen LogP contribution in [-0.4, -0.2) is 25.4 Å². The normalized spacial score (nSPS) is 27.6. The fourth-order valence-corrected chi connectivity index (χ4v) is 1.73. The fourth-order valence-electron chi connectivity index (χ4n) is 1.73. The Bertz CT molecular complexity index is 171. The first kappa shape index (κ1) is 12.9. The van der Waals surface area contributed by atoms with Gasteiger partial charge in [0.2, 0.25) is 0 Å². The highest BCUT2D eigenvalue weighted by Gasteiger charge is 2.24. The molecule has 1 aliphatic heterocycles. The summed E-state index contributed by atoms with van der Waals surface area (Å²) in [6, 6.07) is 0.463. The molecule has 0 bridgehead atoms. The van der Waals surface area contributed by atoms with E-state index in [-0.39, 0.29) is 0 Å². The maximum atomic E-state index is 5.70. The highest BCUT2D eigenvalue weighted by molar-refractivity contribution is 4.76. The minimum atomic E-state index is 0.388. The topological polar surface area (TPSA) is 30.5 Å². The van der Waals surface area contributed by atoms with Crippen LogP contribution in [0.4, 0.5) is 0 Å². The number of ether oxygens (including phenoxy) is 1. The summed E-state index contributed by atoms with van der Waals surface area (Å²) >= 11 is 0. The van der Waals surface area contributed by atoms with E-state index in [2.05, 4.69) is 33.2 Å². The lowest BCUT2D eigenvalue weighted by Crippen LogP contribution is -2.41.